The van der Waals surface area contributed by atoms with Gasteiger partial charge in [-0.05, 0) is 13.1 Å². The molecule has 0 saturated carbocycles. The molecular weight excluding hydrogens is 220 g/mol. The summed E-state index contributed by atoms with van der Waals surface area (Å²) in [5, 5.41) is 12.5. The first-order chi connectivity index (χ1) is 5.75. The first-order valence-electron chi connectivity index (χ1n) is 3.67. The fourth-order valence-electron chi connectivity index (χ4n) is 0.938. The Balaban J connectivity index is 2.79. The minimum absolute atomic E-state index is 0.502. The van der Waals surface area contributed by atoms with Gasteiger partial charge in [0.05, 0.1) is 6.10 Å². The molecule has 1 heterocycles. The Kier molecular flexibility index (Phi) is 3.65. The van der Waals surface area contributed by atoms with Crippen LogP contribution in [0.2, 0.25) is 0 Å². The molecule has 1 unspecified atom stereocenters. The van der Waals surface area contributed by atoms with Gasteiger partial charge in [-0.25, -0.2) is 0 Å². The van der Waals surface area contributed by atoms with Gasteiger partial charge in [-0.2, -0.15) is 0 Å². The van der Waals surface area contributed by atoms with Crippen LogP contribution in [0.3, 0.4) is 0 Å². The molecule has 1 aromatic heterocycles. The third kappa shape index (κ3) is 2.27. The fourth-order valence-corrected chi connectivity index (χ4v) is 1.42. The van der Waals surface area contributed by atoms with E-state index in [2.05, 4.69) is 26.2 Å². The number of aliphatic hydroxyl groups excluding tert-OH is 1. The Labute approximate surface area is 80.0 Å². The summed E-state index contributed by atoms with van der Waals surface area (Å²) in [6.45, 7) is 0.532. The first-order valence-corrected chi connectivity index (χ1v) is 4.47. The van der Waals surface area contributed by atoms with E-state index in [0.717, 1.165) is 10.0 Å². The van der Waals surface area contributed by atoms with E-state index in [9.17, 15) is 5.11 Å². The van der Waals surface area contributed by atoms with Crippen LogP contribution in [0.25, 0.3) is 0 Å². The summed E-state index contributed by atoms with van der Waals surface area (Å²) >= 11 is 3.34. The number of nitrogens with one attached hydrogen (secondary N) is 1. The monoisotopic (exact) mass is 230 g/mol. The normalized spacial score (nSPS) is 12.9. The molecule has 0 saturated heterocycles. The third-order valence-corrected chi connectivity index (χ3v) is 2.27. The van der Waals surface area contributed by atoms with Crippen LogP contribution in [-0.4, -0.2) is 23.7 Å². The second-order valence-corrected chi connectivity index (χ2v) is 3.33. The topological polar surface area (TPSA) is 45.1 Å². The molecule has 0 aliphatic rings. The minimum atomic E-state index is -0.502. The van der Waals surface area contributed by atoms with Crippen molar-refractivity contribution in [3.63, 3.8) is 0 Å². The molecule has 0 fully saturated rings. The number of nitrogens with zero attached hydrogens (tertiary/aromatic N) is 1. The molecule has 1 aromatic rings. The lowest BCUT2D eigenvalue weighted by atomic mass is 10.2. The van der Waals surface area contributed by atoms with E-state index < -0.39 is 6.10 Å². The smallest absolute Gasteiger partial charge is 0.0940 e. The molecule has 66 valence electrons. The van der Waals surface area contributed by atoms with Gasteiger partial charge in [0, 0.05) is 29.0 Å². The molecule has 0 radical (unpaired) electrons. The van der Waals surface area contributed by atoms with Crippen LogP contribution in [0.5, 0.6) is 0 Å². The minimum Gasteiger partial charge on any atom is -0.387 e. The van der Waals surface area contributed by atoms with E-state index in [0.29, 0.717) is 6.54 Å². The summed E-state index contributed by atoms with van der Waals surface area (Å²) < 4.78 is 0.889. The summed E-state index contributed by atoms with van der Waals surface area (Å²) in [5.74, 6) is 0. The predicted octanol–water partition coefficient (Wildman–Crippen LogP) is 1.10. The maximum absolute atomic E-state index is 9.57. The molecule has 2 N–H and O–H groups in total. The van der Waals surface area contributed by atoms with Crippen molar-refractivity contribution >= 4 is 15.9 Å². The van der Waals surface area contributed by atoms with E-state index in [1.165, 1.54) is 0 Å². The standard InChI is InChI=1S/C8H11BrN2O/c1-10-5-8(12)6-4-11-3-2-7(6)9/h2-4,8,10,12H,5H2,1H3. The second-order valence-electron chi connectivity index (χ2n) is 2.47. The van der Waals surface area contributed by atoms with Gasteiger partial charge in [-0.3, -0.25) is 4.98 Å². The molecule has 0 aliphatic heterocycles. The lowest BCUT2D eigenvalue weighted by Crippen LogP contribution is -2.17. The van der Waals surface area contributed by atoms with Crippen LogP contribution >= 0.6 is 15.9 Å². The Bertz CT molecular complexity index is 255. The number of aromatic nitrogens is 1. The van der Waals surface area contributed by atoms with Gasteiger partial charge in [0.15, 0.2) is 0 Å². The van der Waals surface area contributed by atoms with Crippen LogP contribution < -0.4 is 5.32 Å². The van der Waals surface area contributed by atoms with Crippen LogP contribution in [0.15, 0.2) is 22.9 Å². The summed E-state index contributed by atoms with van der Waals surface area (Å²) in [4.78, 5) is 3.93. The third-order valence-electron chi connectivity index (χ3n) is 1.55. The first kappa shape index (κ1) is 9.64. The molecule has 12 heavy (non-hydrogen) atoms. The summed E-state index contributed by atoms with van der Waals surface area (Å²) in [6.07, 6.45) is 2.84. The highest BCUT2D eigenvalue weighted by atomic mass is 79.9. The predicted molar refractivity (Wildman–Crippen MR) is 50.8 cm³/mol. The van der Waals surface area contributed by atoms with E-state index in [1.807, 2.05) is 6.07 Å². The largest absolute Gasteiger partial charge is 0.387 e. The number of aliphatic hydroxyl groups is 1. The maximum Gasteiger partial charge on any atom is 0.0940 e. The molecular formula is C8H11BrN2O. The SMILES string of the molecule is CNCC(O)c1cnccc1Br. The maximum atomic E-state index is 9.57. The lowest BCUT2D eigenvalue weighted by Gasteiger charge is -2.10. The number of likely N-dealkylation sites (N-methyl/N-ethyl adjacent to an activating group) is 1. The average molecular weight is 231 g/mol. The molecule has 4 heteroatoms. The van der Waals surface area contributed by atoms with Crippen molar-refractivity contribution < 1.29 is 5.11 Å². The Morgan fingerprint density at radius 2 is 2.50 bits per heavy atom. The molecule has 1 atom stereocenters. The molecule has 0 amide bonds. The quantitative estimate of drug-likeness (QED) is 0.818. The zero-order valence-electron chi connectivity index (χ0n) is 6.79. The Hall–Kier alpha value is -0.450. The van der Waals surface area contributed by atoms with Gasteiger partial charge in [-0.15, -0.1) is 0 Å². The number of rotatable bonds is 3. The number of halogens is 1. The summed E-state index contributed by atoms with van der Waals surface area (Å²) in [7, 11) is 1.80. The van der Waals surface area contributed by atoms with Gasteiger partial charge in [0.25, 0.3) is 0 Å². The van der Waals surface area contributed by atoms with E-state index in [1.54, 1.807) is 19.4 Å². The van der Waals surface area contributed by atoms with Crippen LogP contribution in [0.1, 0.15) is 11.7 Å². The van der Waals surface area contributed by atoms with Gasteiger partial charge in [0.2, 0.25) is 0 Å². The molecule has 0 bridgehead atoms. The highest BCUT2D eigenvalue weighted by Crippen LogP contribution is 2.21. The van der Waals surface area contributed by atoms with Crippen LogP contribution in [0.4, 0.5) is 0 Å². The van der Waals surface area contributed by atoms with Crippen LogP contribution in [0, 0.1) is 0 Å². The van der Waals surface area contributed by atoms with E-state index >= 15 is 0 Å². The van der Waals surface area contributed by atoms with E-state index in [4.69, 9.17) is 0 Å². The number of hydrogen-bond donors (Lipinski definition) is 2. The molecule has 0 spiro atoms. The average Bonchev–Trinajstić information content (AvgIpc) is 2.05. The highest BCUT2D eigenvalue weighted by Gasteiger charge is 2.09. The van der Waals surface area contributed by atoms with Gasteiger partial charge in [0.1, 0.15) is 0 Å². The van der Waals surface area contributed by atoms with Crippen molar-refractivity contribution in [2.45, 2.75) is 6.10 Å². The lowest BCUT2D eigenvalue weighted by molar-refractivity contribution is 0.176. The molecule has 0 aromatic carbocycles. The van der Waals surface area contributed by atoms with Gasteiger partial charge < -0.3 is 10.4 Å². The zero-order valence-corrected chi connectivity index (χ0v) is 8.37. The van der Waals surface area contributed by atoms with Gasteiger partial charge in [-0.1, -0.05) is 15.9 Å². The molecule has 0 aliphatic carbocycles. The number of pyridine rings is 1. The summed E-state index contributed by atoms with van der Waals surface area (Å²) in [5.41, 5.74) is 0.812. The second kappa shape index (κ2) is 4.54. The van der Waals surface area contributed by atoms with Crippen molar-refractivity contribution in [3.05, 3.63) is 28.5 Å². The van der Waals surface area contributed by atoms with Crippen molar-refractivity contribution in [2.75, 3.05) is 13.6 Å². The van der Waals surface area contributed by atoms with Crippen molar-refractivity contribution in [2.24, 2.45) is 0 Å². The Morgan fingerprint density at radius 3 is 3.08 bits per heavy atom. The highest BCUT2D eigenvalue weighted by molar-refractivity contribution is 9.10. The summed E-state index contributed by atoms with van der Waals surface area (Å²) in [6, 6.07) is 1.81. The zero-order chi connectivity index (χ0) is 8.97. The van der Waals surface area contributed by atoms with Gasteiger partial charge >= 0.3 is 0 Å². The molecule has 1 rings (SSSR count). The Morgan fingerprint density at radius 1 is 1.75 bits per heavy atom. The fraction of sp³-hybridized carbons (Fsp3) is 0.375. The van der Waals surface area contributed by atoms with E-state index in [-0.39, 0.29) is 0 Å². The molecule has 3 nitrogen and oxygen atoms in total. The van der Waals surface area contributed by atoms with Crippen LogP contribution in [-0.2, 0) is 0 Å². The number of hydrogen-bond acceptors (Lipinski definition) is 3. The van der Waals surface area contributed by atoms with Crippen molar-refractivity contribution in [1.82, 2.24) is 10.3 Å². The van der Waals surface area contributed by atoms with Crippen molar-refractivity contribution in [3.8, 4) is 0 Å². The van der Waals surface area contributed by atoms with Crippen molar-refractivity contribution in [1.29, 1.82) is 0 Å².